The average Bonchev–Trinajstić information content (AvgIpc) is 2.55. The molecule has 0 atom stereocenters. The highest BCUT2D eigenvalue weighted by Gasteiger charge is 2.10. The monoisotopic (exact) mass is 314 g/mol. The molecule has 2 aromatic rings. The van der Waals surface area contributed by atoms with Gasteiger partial charge in [0.1, 0.15) is 5.82 Å². The van der Waals surface area contributed by atoms with Gasteiger partial charge in [0.25, 0.3) is 0 Å². The molecule has 0 aliphatic rings. The summed E-state index contributed by atoms with van der Waals surface area (Å²) >= 11 is 0. The van der Waals surface area contributed by atoms with Crippen LogP contribution in [0, 0.1) is 0 Å². The SMILES string of the molecule is CC(C)c1nc(NCCN(C)c2ccccc2)nc(N(C)C)n1. The highest BCUT2D eigenvalue weighted by Crippen LogP contribution is 2.15. The van der Waals surface area contributed by atoms with E-state index in [1.54, 1.807) is 0 Å². The van der Waals surface area contributed by atoms with Crippen molar-refractivity contribution >= 4 is 17.6 Å². The van der Waals surface area contributed by atoms with Crippen molar-refractivity contribution in [1.82, 2.24) is 15.0 Å². The highest BCUT2D eigenvalue weighted by molar-refractivity contribution is 5.45. The fraction of sp³-hybridized carbons (Fsp3) is 0.471. The van der Waals surface area contributed by atoms with E-state index in [4.69, 9.17) is 0 Å². The lowest BCUT2D eigenvalue weighted by molar-refractivity contribution is 0.753. The van der Waals surface area contributed by atoms with E-state index in [-0.39, 0.29) is 5.92 Å². The Morgan fingerprint density at radius 1 is 1.00 bits per heavy atom. The van der Waals surface area contributed by atoms with Crippen molar-refractivity contribution in [1.29, 1.82) is 0 Å². The van der Waals surface area contributed by atoms with Crippen LogP contribution in [0.3, 0.4) is 0 Å². The Bertz CT molecular complexity index is 585. The van der Waals surface area contributed by atoms with Crippen LogP contribution >= 0.6 is 0 Å². The number of nitrogens with one attached hydrogen (secondary N) is 1. The third-order valence-corrected chi connectivity index (χ3v) is 3.48. The van der Waals surface area contributed by atoms with Crippen LogP contribution in [0.5, 0.6) is 0 Å². The number of hydrogen-bond acceptors (Lipinski definition) is 6. The zero-order chi connectivity index (χ0) is 16.8. The lowest BCUT2D eigenvalue weighted by Crippen LogP contribution is -2.25. The smallest absolute Gasteiger partial charge is 0.229 e. The van der Waals surface area contributed by atoms with E-state index in [0.29, 0.717) is 11.9 Å². The van der Waals surface area contributed by atoms with Gasteiger partial charge in [-0.3, -0.25) is 0 Å². The van der Waals surface area contributed by atoms with E-state index in [2.05, 4.69) is 58.2 Å². The maximum absolute atomic E-state index is 4.51. The van der Waals surface area contributed by atoms with Gasteiger partial charge < -0.3 is 15.1 Å². The normalized spacial score (nSPS) is 10.7. The summed E-state index contributed by atoms with van der Waals surface area (Å²) in [5.74, 6) is 2.39. The summed E-state index contributed by atoms with van der Waals surface area (Å²) in [5.41, 5.74) is 1.20. The lowest BCUT2D eigenvalue weighted by Gasteiger charge is -2.20. The molecule has 1 aromatic carbocycles. The second-order valence-corrected chi connectivity index (χ2v) is 6.05. The summed E-state index contributed by atoms with van der Waals surface area (Å²) < 4.78 is 0. The molecule has 2 rings (SSSR count). The quantitative estimate of drug-likeness (QED) is 0.848. The minimum atomic E-state index is 0.268. The fourth-order valence-corrected chi connectivity index (χ4v) is 2.06. The van der Waals surface area contributed by atoms with Crippen molar-refractivity contribution in [3.05, 3.63) is 36.2 Å². The van der Waals surface area contributed by atoms with Gasteiger partial charge in [-0.05, 0) is 12.1 Å². The Kier molecular flexibility index (Phi) is 5.73. The molecular weight excluding hydrogens is 288 g/mol. The van der Waals surface area contributed by atoms with Gasteiger partial charge in [-0.2, -0.15) is 15.0 Å². The molecule has 0 amide bonds. The summed E-state index contributed by atoms with van der Waals surface area (Å²) in [7, 11) is 5.95. The van der Waals surface area contributed by atoms with Gasteiger partial charge in [0, 0.05) is 45.8 Å². The Morgan fingerprint density at radius 2 is 1.70 bits per heavy atom. The molecular formula is C17H26N6. The minimum Gasteiger partial charge on any atom is -0.373 e. The summed E-state index contributed by atoms with van der Waals surface area (Å²) in [4.78, 5) is 17.5. The van der Waals surface area contributed by atoms with Gasteiger partial charge in [-0.1, -0.05) is 32.0 Å². The molecule has 0 unspecified atom stereocenters. The van der Waals surface area contributed by atoms with Crippen LogP contribution in [0.2, 0.25) is 0 Å². The number of hydrogen-bond donors (Lipinski definition) is 1. The zero-order valence-electron chi connectivity index (χ0n) is 14.6. The van der Waals surface area contributed by atoms with Crippen LogP contribution < -0.4 is 15.1 Å². The molecule has 0 aliphatic heterocycles. The second kappa shape index (κ2) is 7.76. The Labute approximate surface area is 138 Å². The first-order valence-corrected chi connectivity index (χ1v) is 7.90. The first kappa shape index (κ1) is 17.0. The molecule has 0 saturated heterocycles. The largest absolute Gasteiger partial charge is 0.373 e. The molecule has 1 heterocycles. The summed E-state index contributed by atoms with van der Waals surface area (Å²) in [6, 6.07) is 10.3. The molecule has 0 fully saturated rings. The van der Waals surface area contributed by atoms with Gasteiger partial charge in [0.15, 0.2) is 0 Å². The van der Waals surface area contributed by atoms with Gasteiger partial charge in [-0.15, -0.1) is 0 Å². The Morgan fingerprint density at radius 3 is 2.30 bits per heavy atom. The number of para-hydroxylation sites is 1. The molecule has 6 heteroatoms. The number of rotatable bonds is 7. The summed E-state index contributed by atoms with van der Waals surface area (Å²) in [6.07, 6.45) is 0. The average molecular weight is 314 g/mol. The Hall–Kier alpha value is -2.37. The first-order valence-electron chi connectivity index (χ1n) is 7.90. The molecule has 0 spiro atoms. The van der Waals surface area contributed by atoms with Crippen LogP contribution in [-0.2, 0) is 0 Å². The number of aromatic nitrogens is 3. The van der Waals surface area contributed by atoms with E-state index < -0.39 is 0 Å². The molecule has 1 N–H and O–H groups in total. The topological polar surface area (TPSA) is 57.2 Å². The molecule has 6 nitrogen and oxygen atoms in total. The molecule has 0 bridgehead atoms. The summed E-state index contributed by atoms with van der Waals surface area (Å²) in [5, 5.41) is 3.31. The highest BCUT2D eigenvalue weighted by atomic mass is 15.3. The third-order valence-electron chi connectivity index (χ3n) is 3.48. The Balaban J connectivity index is 2.00. The zero-order valence-corrected chi connectivity index (χ0v) is 14.6. The summed E-state index contributed by atoms with van der Waals surface area (Å²) in [6.45, 7) is 5.80. The molecule has 0 aliphatic carbocycles. The standard InChI is InChI=1S/C17H26N6/c1-13(2)15-19-16(21-17(20-15)22(3)4)18-11-12-23(5)14-9-7-6-8-10-14/h6-10,13H,11-12H2,1-5H3,(H,18,19,20,21). The molecule has 0 saturated carbocycles. The van der Waals surface area contributed by atoms with Gasteiger partial charge in [0.2, 0.25) is 11.9 Å². The maximum Gasteiger partial charge on any atom is 0.229 e. The number of nitrogens with zero attached hydrogens (tertiary/aromatic N) is 5. The van der Waals surface area contributed by atoms with Crippen molar-refractivity contribution < 1.29 is 0 Å². The second-order valence-electron chi connectivity index (χ2n) is 6.05. The predicted octanol–water partition coefficient (Wildman–Crippen LogP) is 2.61. The van der Waals surface area contributed by atoms with Crippen molar-refractivity contribution in [3.63, 3.8) is 0 Å². The maximum atomic E-state index is 4.51. The first-order chi connectivity index (χ1) is 11.0. The van der Waals surface area contributed by atoms with Crippen molar-refractivity contribution in [2.45, 2.75) is 19.8 Å². The van der Waals surface area contributed by atoms with E-state index in [1.807, 2.05) is 37.2 Å². The van der Waals surface area contributed by atoms with Crippen molar-refractivity contribution in [3.8, 4) is 0 Å². The number of benzene rings is 1. The van der Waals surface area contributed by atoms with Crippen LogP contribution in [0.15, 0.2) is 30.3 Å². The van der Waals surface area contributed by atoms with Gasteiger partial charge in [0.05, 0.1) is 0 Å². The minimum absolute atomic E-state index is 0.268. The van der Waals surface area contributed by atoms with Crippen LogP contribution in [0.25, 0.3) is 0 Å². The third kappa shape index (κ3) is 4.81. The van der Waals surface area contributed by atoms with E-state index >= 15 is 0 Å². The molecule has 0 radical (unpaired) electrons. The number of likely N-dealkylation sites (N-methyl/N-ethyl adjacent to an activating group) is 1. The van der Waals surface area contributed by atoms with Crippen molar-refractivity contribution in [2.75, 3.05) is 49.3 Å². The van der Waals surface area contributed by atoms with E-state index in [9.17, 15) is 0 Å². The lowest BCUT2D eigenvalue weighted by atomic mass is 10.2. The van der Waals surface area contributed by atoms with Crippen LogP contribution in [-0.4, -0.2) is 49.2 Å². The number of anilines is 3. The fourth-order valence-electron chi connectivity index (χ4n) is 2.06. The van der Waals surface area contributed by atoms with Gasteiger partial charge in [-0.25, -0.2) is 0 Å². The molecule has 23 heavy (non-hydrogen) atoms. The van der Waals surface area contributed by atoms with E-state index in [0.717, 1.165) is 18.9 Å². The van der Waals surface area contributed by atoms with Crippen molar-refractivity contribution in [2.24, 2.45) is 0 Å². The van der Waals surface area contributed by atoms with E-state index in [1.165, 1.54) is 5.69 Å². The predicted molar refractivity (Wildman–Crippen MR) is 96.4 cm³/mol. The van der Waals surface area contributed by atoms with Gasteiger partial charge >= 0.3 is 0 Å². The molecule has 1 aromatic heterocycles. The molecule has 124 valence electrons. The van der Waals surface area contributed by atoms with Crippen LogP contribution in [0.4, 0.5) is 17.6 Å². The van der Waals surface area contributed by atoms with Crippen LogP contribution in [0.1, 0.15) is 25.6 Å².